The molecule has 0 radical (unpaired) electrons. The van der Waals surface area contributed by atoms with Crippen molar-refractivity contribution in [2.75, 3.05) is 5.32 Å². The van der Waals surface area contributed by atoms with Gasteiger partial charge in [-0.3, -0.25) is 4.79 Å². The quantitative estimate of drug-likeness (QED) is 0.865. The van der Waals surface area contributed by atoms with Gasteiger partial charge in [0.05, 0.1) is 5.56 Å². The first-order valence-corrected chi connectivity index (χ1v) is 6.83. The van der Waals surface area contributed by atoms with Gasteiger partial charge in [-0.05, 0) is 39.0 Å². The van der Waals surface area contributed by atoms with Gasteiger partial charge in [-0.2, -0.15) is 13.2 Å². The van der Waals surface area contributed by atoms with E-state index in [1.807, 2.05) is 13.8 Å². The molecular formula is C13H16BrF3N2O. The first-order chi connectivity index (χ1) is 9.09. The van der Waals surface area contributed by atoms with Gasteiger partial charge >= 0.3 is 6.18 Å². The van der Waals surface area contributed by atoms with Crippen molar-refractivity contribution in [3.05, 3.63) is 28.2 Å². The van der Waals surface area contributed by atoms with E-state index in [0.717, 1.165) is 12.1 Å². The number of carbonyl (C=O) groups is 1. The summed E-state index contributed by atoms with van der Waals surface area (Å²) in [5.74, 6) is -0.270. The van der Waals surface area contributed by atoms with Crippen molar-refractivity contribution in [1.82, 2.24) is 5.32 Å². The summed E-state index contributed by atoms with van der Waals surface area (Å²) in [7, 11) is 0. The number of benzene rings is 1. The van der Waals surface area contributed by atoms with Crippen LogP contribution in [0.25, 0.3) is 0 Å². The fraction of sp³-hybridized carbons (Fsp3) is 0.462. The van der Waals surface area contributed by atoms with Crippen molar-refractivity contribution < 1.29 is 18.0 Å². The van der Waals surface area contributed by atoms with Crippen molar-refractivity contribution in [3.63, 3.8) is 0 Å². The smallest absolute Gasteiger partial charge is 0.374 e. The molecule has 0 saturated heterocycles. The van der Waals surface area contributed by atoms with E-state index in [0.29, 0.717) is 4.47 Å². The van der Waals surface area contributed by atoms with Crippen LogP contribution in [-0.4, -0.2) is 18.0 Å². The number of anilines is 1. The molecule has 0 heterocycles. The fourth-order valence-corrected chi connectivity index (χ4v) is 2.05. The average Bonchev–Trinajstić information content (AvgIpc) is 2.25. The standard InChI is InChI=1S/C13H16BrF3N2O/c1-7(2)18-12(20)8(3)19-11-5-9(13(15,16)17)4-10(14)6-11/h4-8,19H,1-3H3,(H,18,20). The summed E-state index contributed by atoms with van der Waals surface area (Å²) in [6.45, 7) is 5.21. The van der Waals surface area contributed by atoms with Crippen LogP contribution >= 0.6 is 15.9 Å². The van der Waals surface area contributed by atoms with Crippen LogP contribution in [0.15, 0.2) is 22.7 Å². The highest BCUT2D eigenvalue weighted by molar-refractivity contribution is 9.10. The largest absolute Gasteiger partial charge is 0.416 e. The van der Waals surface area contributed by atoms with Crippen LogP contribution < -0.4 is 10.6 Å². The zero-order chi connectivity index (χ0) is 15.5. The number of carbonyl (C=O) groups excluding carboxylic acids is 1. The Morgan fingerprint density at radius 3 is 2.30 bits per heavy atom. The molecule has 0 aliphatic heterocycles. The molecule has 0 fully saturated rings. The van der Waals surface area contributed by atoms with E-state index in [1.165, 1.54) is 6.07 Å². The number of rotatable bonds is 4. The van der Waals surface area contributed by atoms with Crippen molar-refractivity contribution >= 4 is 27.5 Å². The maximum absolute atomic E-state index is 12.7. The molecule has 0 saturated carbocycles. The number of alkyl halides is 3. The van der Waals surface area contributed by atoms with Gasteiger partial charge in [-0.1, -0.05) is 15.9 Å². The third kappa shape index (κ3) is 5.03. The third-order valence-corrected chi connectivity index (χ3v) is 2.89. The molecule has 1 aromatic carbocycles. The minimum Gasteiger partial charge on any atom is -0.374 e. The van der Waals surface area contributed by atoms with E-state index in [-0.39, 0.29) is 17.6 Å². The number of nitrogens with one attached hydrogen (secondary N) is 2. The molecule has 1 amide bonds. The second kappa shape index (κ2) is 6.47. The normalized spacial score (nSPS) is 13.2. The SMILES string of the molecule is CC(C)NC(=O)C(C)Nc1cc(Br)cc(C(F)(F)F)c1. The van der Waals surface area contributed by atoms with E-state index < -0.39 is 17.8 Å². The molecule has 7 heteroatoms. The van der Waals surface area contributed by atoms with Gasteiger partial charge in [0.15, 0.2) is 0 Å². The van der Waals surface area contributed by atoms with Crippen LogP contribution in [0.1, 0.15) is 26.3 Å². The summed E-state index contributed by atoms with van der Waals surface area (Å²) in [5.41, 5.74) is -0.538. The van der Waals surface area contributed by atoms with Crippen molar-refractivity contribution in [1.29, 1.82) is 0 Å². The molecule has 1 aromatic rings. The van der Waals surface area contributed by atoms with E-state index in [2.05, 4.69) is 26.6 Å². The average molecular weight is 353 g/mol. The Kier molecular flexibility index (Phi) is 5.44. The van der Waals surface area contributed by atoms with Gasteiger partial charge in [0, 0.05) is 16.2 Å². The molecule has 1 unspecified atom stereocenters. The predicted molar refractivity (Wildman–Crippen MR) is 75.5 cm³/mol. The van der Waals surface area contributed by atoms with Crippen LogP contribution in [0.5, 0.6) is 0 Å². The topological polar surface area (TPSA) is 41.1 Å². The van der Waals surface area contributed by atoms with Crippen LogP contribution in [0.3, 0.4) is 0 Å². The van der Waals surface area contributed by atoms with Gasteiger partial charge in [-0.15, -0.1) is 0 Å². The maximum Gasteiger partial charge on any atom is 0.416 e. The summed E-state index contributed by atoms with van der Waals surface area (Å²) in [6, 6.07) is 2.80. The summed E-state index contributed by atoms with van der Waals surface area (Å²) in [6.07, 6.45) is -4.43. The van der Waals surface area contributed by atoms with E-state index in [4.69, 9.17) is 0 Å². The molecule has 0 bridgehead atoms. The third-order valence-electron chi connectivity index (χ3n) is 2.43. The lowest BCUT2D eigenvalue weighted by Gasteiger charge is -2.18. The number of hydrogen-bond acceptors (Lipinski definition) is 2. The lowest BCUT2D eigenvalue weighted by Crippen LogP contribution is -2.41. The van der Waals surface area contributed by atoms with E-state index in [1.54, 1.807) is 6.92 Å². The molecule has 2 N–H and O–H groups in total. The highest BCUT2D eigenvalue weighted by atomic mass is 79.9. The van der Waals surface area contributed by atoms with E-state index in [9.17, 15) is 18.0 Å². The van der Waals surface area contributed by atoms with Crippen LogP contribution in [0.4, 0.5) is 18.9 Å². The second-order valence-electron chi connectivity index (χ2n) is 4.76. The lowest BCUT2D eigenvalue weighted by molar-refractivity contribution is -0.137. The second-order valence-corrected chi connectivity index (χ2v) is 5.67. The summed E-state index contributed by atoms with van der Waals surface area (Å²) < 4.78 is 38.4. The molecule has 0 aliphatic carbocycles. The predicted octanol–water partition coefficient (Wildman–Crippen LogP) is 3.79. The number of hydrogen-bond donors (Lipinski definition) is 2. The van der Waals surface area contributed by atoms with Crippen molar-refractivity contribution in [2.45, 2.75) is 39.0 Å². The van der Waals surface area contributed by atoms with Crippen LogP contribution in [-0.2, 0) is 11.0 Å². The molecule has 112 valence electrons. The van der Waals surface area contributed by atoms with Gasteiger partial charge in [-0.25, -0.2) is 0 Å². The Bertz CT molecular complexity index is 489. The summed E-state index contributed by atoms with van der Waals surface area (Å²) in [5, 5.41) is 5.45. The fourth-order valence-electron chi connectivity index (χ4n) is 1.56. The molecular weight excluding hydrogens is 337 g/mol. The minimum atomic E-state index is -4.43. The number of halogens is 4. The zero-order valence-corrected chi connectivity index (χ0v) is 12.9. The molecule has 20 heavy (non-hydrogen) atoms. The van der Waals surface area contributed by atoms with Crippen molar-refractivity contribution in [3.8, 4) is 0 Å². The highest BCUT2D eigenvalue weighted by Crippen LogP contribution is 2.33. The van der Waals surface area contributed by atoms with E-state index >= 15 is 0 Å². The Morgan fingerprint density at radius 2 is 1.80 bits per heavy atom. The summed E-state index contributed by atoms with van der Waals surface area (Å²) >= 11 is 3.03. The minimum absolute atomic E-state index is 0.0278. The molecule has 1 atom stereocenters. The Morgan fingerprint density at radius 1 is 1.20 bits per heavy atom. The lowest BCUT2D eigenvalue weighted by atomic mass is 10.1. The maximum atomic E-state index is 12.7. The van der Waals surface area contributed by atoms with Crippen LogP contribution in [0.2, 0.25) is 0 Å². The molecule has 1 rings (SSSR count). The molecule has 0 aliphatic rings. The van der Waals surface area contributed by atoms with Gasteiger partial charge in [0.25, 0.3) is 0 Å². The molecule has 0 aromatic heterocycles. The summed E-state index contributed by atoms with van der Waals surface area (Å²) in [4.78, 5) is 11.7. The van der Waals surface area contributed by atoms with Crippen molar-refractivity contribution in [2.24, 2.45) is 0 Å². The highest BCUT2D eigenvalue weighted by Gasteiger charge is 2.31. The van der Waals surface area contributed by atoms with Gasteiger partial charge in [0.1, 0.15) is 6.04 Å². The zero-order valence-electron chi connectivity index (χ0n) is 11.3. The molecule has 3 nitrogen and oxygen atoms in total. The Hall–Kier alpha value is -1.24. The van der Waals surface area contributed by atoms with Gasteiger partial charge in [0.2, 0.25) is 5.91 Å². The number of amides is 1. The molecule has 0 spiro atoms. The first-order valence-electron chi connectivity index (χ1n) is 6.04. The Labute approximate surface area is 124 Å². The first kappa shape index (κ1) is 16.8. The van der Waals surface area contributed by atoms with Gasteiger partial charge < -0.3 is 10.6 Å². The Balaban J connectivity index is 2.87. The van der Waals surface area contributed by atoms with Crippen LogP contribution in [0, 0.1) is 0 Å². The monoisotopic (exact) mass is 352 g/mol.